The Morgan fingerprint density at radius 3 is 0.855 bits per heavy atom. The van der Waals surface area contributed by atoms with Gasteiger partial charge in [0.1, 0.15) is 0 Å². The third kappa shape index (κ3) is 8.05. The van der Waals surface area contributed by atoms with Crippen molar-refractivity contribution in [3.63, 3.8) is 0 Å². The summed E-state index contributed by atoms with van der Waals surface area (Å²) in [6, 6.07) is 105. The molecule has 1 aromatic heterocycles. The van der Waals surface area contributed by atoms with Gasteiger partial charge in [-0.15, -0.1) is 0 Å². The minimum atomic E-state index is -0.163. The standard InChI is InChI=1S/C72H50N4/c1-8-22-49(23-9-1)52-36-40-60-64(44-52)66-46-58(75(54-28-14-4-15-29-54)55-30-16-5-17-31-55)38-42-62(66)70(60)68-48-69(74-72(73-68)51-26-12-3-13-27-51)71-61-41-37-53(50-24-10-2-11-25-50)45-65(61)67-47-59(39-43-63(67)71)76(56-32-18-6-19-33-56)57-34-20-7-21-35-57/h1-48,70-71H. The maximum atomic E-state index is 5.63. The fourth-order valence-electron chi connectivity index (χ4n) is 11.7. The van der Waals surface area contributed by atoms with E-state index in [-0.39, 0.29) is 11.8 Å². The molecule has 2 aliphatic rings. The topological polar surface area (TPSA) is 32.3 Å². The minimum absolute atomic E-state index is 0.163. The molecule has 358 valence electrons. The second-order valence-electron chi connectivity index (χ2n) is 19.7. The zero-order chi connectivity index (χ0) is 50.4. The Bertz CT molecular complexity index is 3710. The lowest BCUT2D eigenvalue weighted by Gasteiger charge is -2.26. The first-order valence-electron chi connectivity index (χ1n) is 26.1. The van der Waals surface area contributed by atoms with Crippen LogP contribution in [-0.2, 0) is 0 Å². The van der Waals surface area contributed by atoms with E-state index in [0.29, 0.717) is 5.82 Å². The molecule has 4 nitrogen and oxygen atoms in total. The Kier molecular flexibility index (Phi) is 11.3. The molecule has 2 aliphatic carbocycles. The number of hydrogen-bond donors (Lipinski definition) is 0. The number of benzene rings is 11. The predicted octanol–water partition coefficient (Wildman–Crippen LogP) is 18.7. The Balaban J connectivity index is 0.972. The van der Waals surface area contributed by atoms with Crippen molar-refractivity contribution >= 4 is 34.1 Å². The molecule has 11 aromatic carbocycles. The van der Waals surface area contributed by atoms with Crippen molar-refractivity contribution in [2.24, 2.45) is 0 Å². The van der Waals surface area contributed by atoms with Crippen molar-refractivity contribution in [2.75, 3.05) is 9.80 Å². The molecule has 1 heterocycles. The fourth-order valence-corrected chi connectivity index (χ4v) is 11.7. The zero-order valence-electron chi connectivity index (χ0n) is 41.7. The lowest BCUT2D eigenvalue weighted by molar-refractivity contribution is 0.873. The second kappa shape index (κ2) is 19.2. The van der Waals surface area contributed by atoms with Gasteiger partial charge in [0.25, 0.3) is 0 Å². The van der Waals surface area contributed by atoms with Gasteiger partial charge in [-0.25, -0.2) is 9.97 Å². The van der Waals surface area contributed by atoms with Crippen molar-refractivity contribution in [2.45, 2.75) is 11.8 Å². The molecular formula is C72H50N4. The maximum absolute atomic E-state index is 5.63. The number of para-hydroxylation sites is 4. The summed E-state index contributed by atoms with van der Waals surface area (Å²) in [4.78, 5) is 16.0. The first kappa shape index (κ1) is 44.8. The summed E-state index contributed by atoms with van der Waals surface area (Å²) in [6.07, 6.45) is 0. The number of fused-ring (bicyclic) bond motifs is 6. The Labute approximate surface area is 444 Å². The van der Waals surface area contributed by atoms with Crippen LogP contribution in [0.5, 0.6) is 0 Å². The molecule has 12 aromatic rings. The molecule has 0 aliphatic heterocycles. The van der Waals surface area contributed by atoms with Gasteiger partial charge < -0.3 is 9.80 Å². The van der Waals surface area contributed by atoms with Crippen LogP contribution in [0.4, 0.5) is 34.1 Å². The highest BCUT2D eigenvalue weighted by atomic mass is 15.1. The number of hydrogen-bond acceptors (Lipinski definition) is 4. The lowest BCUT2D eigenvalue weighted by atomic mass is 9.88. The molecule has 2 atom stereocenters. The van der Waals surface area contributed by atoms with Gasteiger partial charge in [0, 0.05) is 39.7 Å². The van der Waals surface area contributed by atoms with Crippen LogP contribution in [0.2, 0.25) is 0 Å². The summed E-state index contributed by atoms with van der Waals surface area (Å²) < 4.78 is 0. The van der Waals surface area contributed by atoms with Gasteiger partial charge in [-0.05, 0) is 158 Å². The number of rotatable bonds is 11. The van der Waals surface area contributed by atoms with E-state index in [0.717, 1.165) is 51.1 Å². The summed E-state index contributed by atoms with van der Waals surface area (Å²) >= 11 is 0. The second-order valence-corrected chi connectivity index (χ2v) is 19.7. The largest absolute Gasteiger partial charge is 0.310 e. The fraction of sp³-hybridized carbons (Fsp3) is 0.0278. The van der Waals surface area contributed by atoms with Gasteiger partial charge in [-0.2, -0.15) is 0 Å². The van der Waals surface area contributed by atoms with E-state index >= 15 is 0 Å². The molecule has 2 unspecified atom stereocenters. The zero-order valence-corrected chi connectivity index (χ0v) is 41.7. The molecule has 4 heteroatoms. The van der Waals surface area contributed by atoms with E-state index in [1.165, 1.54) is 66.8 Å². The molecule has 0 bridgehead atoms. The third-order valence-corrected chi connectivity index (χ3v) is 15.2. The molecule has 0 saturated heterocycles. The highest BCUT2D eigenvalue weighted by Gasteiger charge is 2.37. The average Bonchev–Trinajstić information content (AvgIpc) is 4.08. The van der Waals surface area contributed by atoms with Crippen LogP contribution in [0.3, 0.4) is 0 Å². The highest BCUT2D eigenvalue weighted by molar-refractivity contribution is 5.91. The Hall–Kier alpha value is -9.90. The van der Waals surface area contributed by atoms with Crippen LogP contribution in [0, 0.1) is 0 Å². The van der Waals surface area contributed by atoms with Crippen molar-refractivity contribution in [3.8, 4) is 55.9 Å². The van der Waals surface area contributed by atoms with E-state index in [2.05, 4.69) is 301 Å². The number of nitrogens with zero attached hydrogens (tertiary/aromatic N) is 4. The Morgan fingerprint density at radius 1 is 0.224 bits per heavy atom. The van der Waals surface area contributed by atoms with Gasteiger partial charge in [-0.3, -0.25) is 0 Å². The van der Waals surface area contributed by atoms with Crippen LogP contribution in [0.15, 0.2) is 291 Å². The molecular weight excluding hydrogens is 921 g/mol. The van der Waals surface area contributed by atoms with Crippen molar-refractivity contribution < 1.29 is 0 Å². The SMILES string of the molecule is c1ccc(-c2ccc3c(c2)-c2cc(N(c4ccccc4)c4ccccc4)ccc2C3c2cc(C3c4ccc(-c5ccccc5)cc4-c4cc(N(c5ccccc5)c5ccccc5)ccc43)nc(-c3ccccc3)n2)cc1. The maximum Gasteiger partial charge on any atom is 0.159 e. The quantitative estimate of drug-likeness (QED) is 0.129. The van der Waals surface area contributed by atoms with Crippen LogP contribution in [0.25, 0.3) is 55.9 Å². The normalized spacial score (nSPS) is 13.8. The van der Waals surface area contributed by atoms with E-state index < -0.39 is 0 Å². The van der Waals surface area contributed by atoms with Crippen LogP contribution in [0.1, 0.15) is 45.5 Å². The van der Waals surface area contributed by atoms with Gasteiger partial charge >= 0.3 is 0 Å². The van der Waals surface area contributed by atoms with E-state index in [1.807, 2.05) is 0 Å². The molecule has 0 spiro atoms. The van der Waals surface area contributed by atoms with Crippen LogP contribution >= 0.6 is 0 Å². The smallest absolute Gasteiger partial charge is 0.159 e. The number of anilines is 6. The van der Waals surface area contributed by atoms with Crippen molar-refractivity contribution in [1.82, 2.24) is 9.97 Å². The van der Waals surface area contributed by atoms with Crippen molar-refractivity contribution in [1.29, 1.82) is 0 Å². The van der Waals surface area contributed by atoms with E-state index in [9.17, 15) is 0 Å². The van der Waals surface area contributed by atoms with Gasteiger partial charge in [0.15, 0.2) is 5.82 Å². The molecule has 76 heavy (non-hydrogen) atoms. The van der Waals surface area contributed by atoms with Crippen LogP contribution in [-0.4, -0.2) is 9.97 Å². The number of aromatic nitrogens is 2. The van der Waals surface area contributed by atoms with Gasteiger partial charge in [0.2, 0.25) is 0 Å². The molecule has 0 radical (unpaired) electrons. The van der Waals surface area contributed by atoms with Gasteiger partial charge in [-0.1, -0.05) is 200 Å². The molecule has 0 N–H and O–H groups in total. The minimum Gasteiger partial charge on any atom is -0.310 e. The predicted molar refractivity (Wildman–Crippen MR) is 313 cm³/mol. The van der Waals surface area contributed by atoms with E-state index in [1.54, 1.807) is 0 Å². The molecule has 0 fully saturated rings. The lowest BCUT2D eigenvalue weighted by Crippen LogP contribution is -2.11. The monoisotopic (exact) mass is 970 g/mol. The molecule has 0 amide bonds. The third-order valence-electron chi connectivity index (χ3n) is 15.2. The average molecular weight is 971 g/mol. The first-order valence-corrected chi connectivity index (χ1v) is 26.1. The molecule has 14 rings (SSSR count). The Morgan fingerprint density at radius 2 is 0.513 bits per heavy atom. The van der Waals surface area contributed by atoms with Gasteiger partial charge in [0.05, 0.1) is 23.2 Å². The van der Waals surface area contributed by atoms with Crippen molar-refractivity contribution in [3.05, 3.63) is 325 Å². The molecule has 0 saturated carbocycles. The summed E-state index contributed by atoms with van der Waals surface area (Å²) in [5.74, 6) is 0.388. The summed E-state index contributed by atoms with van der Waals surface area (Å²) in [5.41, 5.74) is 24.0. The summed E-state index contributed by atoms with van der Waals surface area (Å²) in [6.45, 7) is 0. The highest BCUT2D eigenvalue weighted by Crippen LogP contribution is 2.54. The summed E-state index contributed by atoms with van der Waals surface area (Å²) in [5, 5.41) is 0. The first-order chi connectivity index (χ1) is 37.7. The summed E-state index contributed by atoms with van der Waals surface area (Å²) in [7, 11) is 0. The van der Waals surface area contributed by atoms with E-state index in [4.69, 9.17) is 9.97 Å². The van der Waals surface area contributed by atoms with Crippen LogP contribution < -0.4 is 9.80 Å².